The Balaban J connectivity index is 2.50. The smallest absolute Gasteiger partial charge is 0.247 e. The molecule has 1 aliphatic heterocycles. The van der Waals surface area contributed by atoms with Crippen LogP contribution in [0.5, 0.6) is 0 Å². The SMILES string of the molecule is N#CC1CNCCN1S(=O)(=O)c1ccc(F)c(F)c1F. The van der Waals surface area contributed by atoms with Crippen LogP contribution in [-0.4, -0.2) is 38.4 Å². The van der Waals surface area contributed by atoms with Crippen molar-refractivity contribution < 1.29 is 21.6 Å². The standard InChI is InChI=1S/C11H10F3N3O2S/c12-8-1-2-9(11(14)10(8)13)20(18,19)17-4-3-16-6-7(17)5-15/h1-2,7,16H,3-4,6H2. The van der Waals surface area contributed by atoms with Crippen LogP contribution in [0.3, 0.4) is 0 Å². The number of halogens is 3. The Morgan fingerprint density at radius 1 is 1.30 bits per heavy atom. The maximum atomic E-state index is 13.6. The zero-order valence-electron chi connectivity index (χ0n) is 10.1. The van der Waals surface area contributed by atoms with Crippen molar-refractivity contribution in [2.45, 2.75) is 10.9 Å². The first-order chi connectivity index (χ1) is 9.39. The molecule has 0 radical (unpaired) electrons. The Morgan fingerprint density at radius 3 is 2.65 bits per heavy atom. The average molecular weight is 305 g/mol. The van der Waals surface area contributed by atoms with Gasteiger partial charge in [0.25, 0.3) is 0 Å². The molecule has 1 saturated heterocycles. The molecule has 20 heavy (non-hydrogen) atoms. The highest BCUT2D eigenvalue weighted by Crippen LogP contribution is 2.24. The van der Waals surface area contributed by atoms with Crippen molar-refractivity contribution in [2.75, 3.05) is 19.6 Å². The van der Waals surface area contributed by atoms with Crippen LogP contribution in [0.1, 0.15) is 0 Å². The maximum absolute atomic E-state index is 13.6. The number of nitrogens with zero attached hydrogens (tertiary/aromatic N) is 2. The summed E-state index contributed by atoms with van der Waals surface area (Å²) in [5.74, 6) is -5.10. The second kappa shape index (κ2) is 5.40. The third kappa shape index (κ3) is 2.37. The van der Waals surface area contributed by atoms with Crippen molar-refractivity contribution in [3.05, 3.63) is 29.6 Å². The molecule has 1 aromatic rings. The molecule has 0 spiro atoms. The van der Waals surface area contributed by atoms with Crippen LogP contribution in [0.25, 0.3) is 0 Å². The van der Waals surface area contributed by atoms with E-state index in [9.17, 15) is 21.6 Å². The molecule has 5 nitrogen and oxygen atoms in total. The number of hydrogen-bond donors (Lipinski definition) is 1. The minimum absolute atomic E-state index is 0.0566. The number of nitriles is 1. The lowest BCUT2D eigenvalue weighted by Gasteiger charge is -2.30. The summed E-state index contributed by atoms with van der Waals surface area (Å²) in [5, 5.41) is 11.7. The fourth-order valence-electron chi connectivity index (χ4n) is 1.92. The Bertz CT molecular complexity index is 672. The summed E-state index contributed by atoms with van der Waals surface area (Å²) in [7, 11) is -4.40. The lowest BCUT2D eigenvalue weighted by Crippen LogP contribution is -2.53. The van der Waals surface area contributed by atoms with Crippen molar-refractivity contribution in [2.24, 2.45) is 0 Å². The summed E-state index contributed by atoms with van der Waals surface area (Å²) in [6.45, 7) is 0.308. The summed E-state index contributed by atoms with van der Waals surface area (Å²) in [4.78, 5) is -0.974. The quantitative estimate of drug-likeness (QED) is 0.812. The van der Waals surface area contributed by atoms with Gasteiger partial charge in [0.1, 0.15) is 10.9 Å². The van der Waals surface area contributed by atoms with Crippen molar-refractivity contribution >= 4 is 10.0 Å². The Hall–Kier alpha value is -1.63. The minimum atomic E-state index is -4.40. The molecule has 0 aromatic heterocycles. The summed E-state index contributed by atoms with van der Waals surface area (Å²) in [6, 6.07) is 1.93. The normalized spacial score (nSPS) is 20.6. The average Bonchev–Trinajstić information content (AvgIpc) is 2.44. The molecule has 1 heterocycles. The molecule has 9 heteroatoms. The summed E-state index contributed by atoms with van der Waals surface area (Å²) >= 11 is 0. The van der Waals surface area contributed by atoms with Gasteiger partial charge in [-0.3, -0.25) is 0 Å². The van der Waals surface area contributed by atoms with Gasteiger partial charge in [-0.05, 0) is 12.1 Å². The van der Waals surface area contributed by atoms with Gasteiger partial charge in [0.2, 0.25) is 10.0 Å². The molecular weight excluding hydrogens is 295 g/mol. The highest BCUT2D eigenvalue weighted by atomic mass is 32.2. The van der Waals surface area contributed by atoms with E-state index in [2.05, 4.69) is 5.32 Å². The first-order valence-electron chi connectivity index (χ1n) is 5.65. The Labute approximate surface area is 113 Å². The van der Waals surface area contributed by atoms with E-state index in [1.807, 2.05) is 0 Å². The van der Waals surface area contributed by atoms with Crippen LogP contribution in [0.4, 0.5) is 13.2 Å². The molecule has 1 aromatic carbocycles. The third-order valence-corrected chi connectivity index (χ3v) is 4.86. The molecule has 1 fully saturated rings. The summed E-state index contributed by atoms with van der Waals surface area (Å²) < 4.78 is 64.9. The van der Waals surface area contributed by atoms with Gasteiger partial charge in [-0.2, -0.15) is 9.57 Å². The van der Waals surface area contributed by atoms with E-state index in [0.29, 0.717) is 12.1 Å². The monoisotopic (exact) mass is 305 g/mol. The van der Waals surface area contributed by atoms with E-state index in [0.717, 1.165) is 4.31 Å². The maximum Gasteiger partial charge on any atom is 0.247 e. The van der Waals surface area contributed by atoms with Crippen LogP contribution >= 0.6 is 0 Å². The highest BCUT2D eigenvalue weighted by molar-refractivity contribution is 7.89. The molecule has 0 saturated carbocycles. The first kappa shape index (κ1) is 14.8. The number of nitrogens with one attached hydrogen (secondary N) is 1. The topological polar surface area (TPSA) is 73.2 Å². The number of benzene rings is 1. The fourth-order valence-corrected chi connectivity index (χ4v) is 3.51. The van der Waals surface area contributed by atoms with Crippen LogP contribution in [0.2, 0.25) is 0 Å². The number of piperazine rings is 1. The lowest BCUT2D eigenvalue weighted by molar-refractivity contribution is 0.309. The van der Waals surface area contributed by atoms with Gasteiger partial charge >= 0.3 is 0 Å². The predicted octanol–water partition coefficient (Wildman–Crippen LogP) is 0.590. The van der Waals surface area contributed by atoms with E-state index >= 15 is 0 Å². The highest BCUT2D eigenvalue weighted by Gasteiger charge is 2.36. The molecule has 0 amide bonds. The van der Waals surface area contributed by atoms with E-state index in [1.54, 1.807) is 6.07 Å². The van der Waals surface area contributed by atoms with E-state index < -0.39 is 38.4 Å². The van der Waals surface area contributed by atoms with Crippen molar-refractivity contribution in [1.82, 2.24) is 9.62 Å². The van der Waals surface area contributed by atoms with Crippen molar-refractivity contribution in [3.63, 3.8) is 0 Å². The molecule has 1 N–H and O–H groups in total. The minimum Gasteiger partial charge on any atom is -0.313 e. The third-order valence-electron chi connectivity index (χ3n) is 2.93. The zero-order chi connectivity index (χ0) is 14.9. The van der Waals surface area contributed by atoms with Crippen molar-refractivity contribution in [1.29, 1.82) is 5.26 Å². The second-order valence-corrected chi connectivity index (χ2v) is 6.00. The van der Waals surface area contributed by atoms with E-state index in [1.165, 1.54) is 0 Å². The van der Waals surface area contributed by atoms with E-state index in [-0.39, 0.29) is 19.6 Å². The Kier molecular flexibility index (Phi) is 3.99. The van der Waals surface area contributed by atoms with Gasteiger partial charge in [0.05, 0.1) is 6.07 Å². The second-order valence-electron chi connectivity index (χ2n) is 4.14. The fraction of sp³-hybridized carbons (Fsp3) is 0.364. The largest absolute Gasteiger partial charge is 0.313 e. The number of sulfonamides is 1. The van der Waals surface area contributed by atoms with Crippen LogP contribution in [0, 0.1) is 28.8 Å². The van der Waals surface area contributed by atoms with Gasteiger partial charge < -0.3 is 5.32 Å². The van der Waals surface area contributed by atoms with Crippen LogP contribution in [-0.2, 0) is 10.0 Å². The summed E-state index contributed by atoms with van der Waals surface area (Å²) in [6.07, 6.45) is 0. The Morgan fingerprint density at radius 2 is 2.00 bits per heavy atom. The van der Waals surface area contributed by atoms with Crippen molar-refractivity contribution in [3.8, 4) is 6.07 Å². The molecule has 1 atom stereocenters. The molecule has 2 rings (SSSR count). The van der Waals surface area contributed by atoms with Gasteiger partial charge in [-0.1, -0.05) is 0 Å². The molecule has 0 bridgehead atoms. The predicted molar refractivity (Wildman–Crippen MR) is 62.5 cm³/mol. The number of hydrogen-bond acceptors (Lipinski definition) is 4. The van der Waals surface area contributed by atoms with Gasteiger partial charge in [0.15, 0.2) is 17.5 Å². The van der Waals surface area contributed by atoms with Gasteiger partial charge in [-0.25, -0.2) is 21.6 Å². The molecule has 1 aliphatic rings. The van der Waals surface area contributed by atoms with Gasteiger partial charge in [0, 0.05) is 19.6 Å². The molecule has 108 valence electrons. The zero-order valence-corrected chi connectivity index (χ0v) is 10.9. The first-order valence-corrected chi connectivity index (χ1v) is 7.09. The van der Waals surface area contributed by atoms with Crippen LogP contribution in [0.15, 0.2) is 17.0 Å². The summed E-state index contributed by atoms with van der Waals surface area (Å²) in [5.41, 5.74) is 0. The molecular formula is C11H10F3N3O2S. The van der Waals surface area contributed by atoms with E-state index in [4.69, 9.17) is 5.26 Å². The molecule has 0 aliphatic carbocycles. The lowest BCUT2D eigenvalue weighted by atomic mass is 10.3. The molecule has 1 unspecified atom stereocenters. The van der Waals surface area contributed by atoms with Gasteiger partial charge in [-0.15, -0.1) is 0 Å². The van der Waals surface area contributed by atoms with Crippen LogP contribution < -0.4 is 5.32 Å². The number of rotatable bonds is 2.